The van der Waals surface area contributed by atoms with E-state index in [1.165, 1.54) is 11.3 Å². The standard InChI is InChI=1S/C29H28BrClN4O3S/c1-7-37-28(36)24(38-29(3,4)5)21-15(2)12-19-25(22(21)16-8-10-17(31)11-9-16)39-27(34-19)20-13-32-26-23(33-20)18(30)14-35(26)6/h8-14,24H,7H2,1-6H3/t24-/m0/s1. The van der Waals surface area contributed by atoms with Crippen LogP contribution in [0.1, 0.15) is 44.9 Å². The Labute approximate surface area is 244 Å². The lowest BCUT2D eigenvalue weighted by atomic mass is 9.91. The second-order valence-electron chi connectivity index (χ2n) is 10.2. The molecular weight excluding hydrogens is 600 g/mol. The lowest BCUT2D eigenvalue weighted by Gasteiger charge is -2.29. The van der Waals surface area contributed by atoms with Crippen LogP contribution in [-0.2, 0) is 21.3 Å². The molecule has 1 atom stereocenters. The highest BCUT2D eigenvalue weighted by atomic mass is 79.9. The van der Waals surface area contributed by atoms with Crippen molar-refractivity contribution in [3.05, 3.63) is 63.3 Å². The average Bonchev–Trinajstić information content (AvgIpc) is 3.42. The molecule has 0 N–H and O–H groups in total. The van der Waals surface area contributed by atoms with Gasteiger partial charge in [-0.2, -0.15) is 0 Å². The van der Waals surface area contributed by atoms with Crippen molar-refractivity contribution < 1.29 is 14.3 Å². The largest absolute Gasteiger partial charge is 0.464 e. The Morgan fingerprint density at radius 3 is 2.59 bits per heavy atom. The minimum Gasteiger partial charge on any atom is -0.464 e. The number of rotatable bonds is 6. The zero-order valence-corrected chi connectivity index (χ0v) is 25.7. The highest BCUT2D eigenvalue weighted by Gasteiger charge is 2.33. The SMILES string of the molecule is CCOC(=O)[C@@H](OC(C)(C)C)c1c(C)cc2nc(-c3cnc4c(n3)c(Br)cn4C)sc2c1-c1ccc(Cl)cc1. The van der Waals surface area contributed by atoms with Gasteiger partial charge >= 0.3 is 5.97 Å². The van der Waals surface area contributed by atoms with Gasteiger partial charge in [-0.1, -0.05) is 23.7 Å². The van der Waals surface area contributed by atoms with Crippen LogP contribution in [0.3, 0.4) is 0 Å². The first-order chi connectivity index (χ1) is 18.5. The van der Waals surface area contributed by atoms with Crippen LogP contribution in [0.5, 0.6) is 0 Å². The predicted octanol–water partition coefficient (Wildman–Crippen LogP) is 8.06. The van der Waals surface area contributed by atoms with Crippen LogP contribution in [0.15, 0.2) is 47.2 Å². The molecule has 10 heteroatoms. The van der Waals surface area contributed by atoms with Crippen molar-refractivity contribution >= 4 is 66.2 Å². The van der Waals surface area contributed by atoms with Gasteiger partial charge < -0.3 is 14.0 Å². The van der Waals surface area contributed by atoms with E-state index >= 15 is 0 Å². The fraction of sp³-hybridized carbons (Fsp3) is 0.310. The summed E-state index contributed by atoms with van der Waals surface area (Å²) in [5.74, 6) is -0.430. The highest BCUT2D eigenvalue weighted by Crippen LogP contribution is 2.44. The number of hydrogen-bond acceptors (Lipinski definition) is 7. The first-order valence-corrected chi connectivity index (χ1v) is 14.5. The lowest BCUT2D eigenvalue weighted by molar-refractivity contribution is -0.166. The molecule has 0 radical (unpaired) electrons. The highest BCUT2D eigenvalue weighted by molar-refractivity contribution is 9.10. The van der Waals surface area contributed by atoms with Gasteiger partial charge in [-0.3, -0.25) is 0 Å². The third-order valence-corrected chi connectivity index (χ3v) is 8.08. The summed E-state index contributed by atoms with van der Waals surface area (Å²) in [6.07, 6.45) is 2.75. The maximum Gasteiger partial charge on any atom is 0.339 e. The number of thiazole rings is 1. The number of nitrogens with zero attached hydrogens (tertiary/aromatic N) is 4. The number of esters is 1. The first-order valence-electron chi connectivity index (χ1n) is 12.5. The van der Waals surface area contributed by atoms with Gasteiger partial charge in [0.1, 0.15) is 16.2 Å². The van der Waals surface area contributed by atoms with E-state index in [0.717, 1.165) is 53.1 Å². The summed E-state index contributed by atoms with van der Waals surface area (Å²) in [5, 5.41) is 1.35. The molecule has 0 aliphatic carbocycles. The van der Waals surface area contributed by atoms with Crippen LogP contribution < -0.4 is 0 Å². The second kappa shape index (κ2) is 10.6. The van der Waals surface area contributed by atoms with Gasteiger partial charge in [0.15, 0.2) is 11.8 Å². The number of aromatic nitrogens is 4. The van der Waals surface area contributed by atoms with Gasteiger partial charge in [-0.25, -0.2) is 19.7 Å². The Bertz CT molecular complexity index is 1710. The topological polar surface area (TPSA) is 79.1 Å². The molecule has 2 aromatic carbocycles. The quantitative estimate of drug-likeness (QED) is 0.177. The second-order valence-corrected chi connectivity index (χ2v) is 12.5. The minimum absolute atomic E-state index is 0.251. The van der Waals surface area contributed by atoms with Crippen LogP contribution in [0, 0.1) is 6.92 Å². The number of ether oxygens (including phenoxy) is 2. The van der Waals surface area contributed by atoms with Crippen LogP contribution in [-0.4, -0.2) is 37.7 Å². The van der Waals surface area contributed by atoms with Gasteiger partial charge in [-0.15, -0.1) is 11.3 Å². The predicted molar refractivity (Wildman–Crippen MR) is 160 cm³/mol. The monoisotopic (exact) mass is 626 g/mol. The molecule has 3 heterocycles. The molecule has 0 spiro atoms. The van der Waals surface area contributed by atoms with Crippen molar-refractivity contribution in [1.29, 1.82) is 0 Å². The maximum atomic E-state index is 13.3. The number of aryl methyl sites for hydroxylation is 2. The molecule has 3 aromatic heterocycles. The molecule has 0 aliphatic rings. The zero-order chi connectivity index (χ0) is 28.1. The molecule has 0 saturated heterocycles. The van der Waals surface area contributed by atoms with E-state index in [4.69, 9.17) is 31.0 Å². The molecular formula is C29H28BrClN4O3S. The van der Waals surface area contributed by atoms with E-state index in [2.05, 4.69) is 20.9 Å². The van der Waals surface area contributed by atoms with E-state index in [0.29, 0.717) is 10.7 Å². The molecule has 202 valence electrons. The smallest absolute Gasteiger partial charge is 0.339 e. The van der Waals surface area contributed by atoms with Crippen molar-refractivity contribution in [2.75, 3.05) is 6.61 Å². The molecule has 5 rings (SSSR count). The number of carbonyl (C=O) groups is 1. The Balaban J connectivity index is 1.78. The van der Waals surface area contributed by atoms with Crippen LogP contribution >= 0.6 is 38.9 Å². The van der Waals surface area contributed by atoms with Crippen molar-refractivity contribution in [3.63, 3.8) is 0 Å². The number of benzene rings is 2. The number of hydrogen-bond donors (Lipinski definition) is 0. The molecule has 0 unspecified atom stereocenters. The fourth-order valence-electron chi connectivity index (χ4n) is 4.55. The third kappa shape index (κ3) is 5.45. The van der Waals surface area contributed by atoms with Gasteiger partial charge in [-0.05, 0) is 79.9 Å². The van der Waals surface area contributed by atoms with Crippen molar-refractivity contribution in [2.45, 2.75) is 46.3 Å². The Morgan fingerprint density at radius 2 is 1.92 bits per heavy atom. The number of carbonyl (C=O) groups excluding carboxylic acids is 1. The summed E-state index contributed by atoms with van der Waals surface area (Å²) in [6.45, 7) is 9.80. The van der Waals surface area contributed by atoms with E-state index in [9.17, 15) is 4.79 Å². The number of fused-ring (bicyclic) bond motifs is 2. The first kappa shape index (κ1) is 27.7. The van der Waals surface area contributed by atoms with E-state index < -0.39 is 17.7 Å². The van der Waals surface area contributed by atoms with Crippen LogP contribution in [0.2, 0.25) is 5.02 Å². The lowest BCUT2D eigenvalue weighted by Crippen LogP contribution is -2.29. The van der Waals surface area contributed by atoms with E-state index in [1.807, 2.05) is 75.8 Å². The molecule has 0 fully saturated rings. The molecule has 7 nitrogen and oxygen atoms in total. The Kier molecular flexibility index (Phi) is 7.54. The van der Waals surface area contributed by atoms with E-state index in [-0.39, 0.29) is 6.61 Å². The summed E-state index contributed by atoms with van der Waals surface area (Å²) in [7, 11) is 1.93. The fourth-order valence-corrected chi connectivity index (χ4v) is 6.33. The maximum absolute atomic E-state index is 13.3. The summed E-state index contributed by atoms with van der Waals surface area (Å²) in [6, 6.07) is 9.57. The van der Waals surface area contributed by atoms with Gasteiger partial charge in [0, 0.05) is 29.4 Å². The van der Waals surface area contributed by atoms with Crippen LogP contribution in [0.25, 0.3) is 43.2 Å². The van der Waals surface area contributed by atoms with Gasteiger partial charge in [0.2, 0.25) is 0 Å². The summed E-state index contributed by atoms with van der Waals surface area (Å²) in [5.41, 5.74) is 5.81. The molecule has 0 saturated carbocycles. The normalized spacial score (nSPS) is 12.8. The van der Waals surface area contributed by atoms with Crippen LogP contribution in [0.4, 0.5) is 0 Å². The van der Waals surface area contributed by atoms with Crippen molar-refractivity contribution in [1.82, 2.24) is 19.5 Å². The Morgan fingerprint density at radius 1 is 1.21 bits per heavy atom. The number of halogens is 2. The molecule has 0 amide bonds. The summed E-state index contributed by atoms with van der Waals surface area (Å²) in [4.78, 5) is 27.8. The molecule has 0 bridgehead atoms. The summed E-state index contributed by atoms with van der Waals surface area (Å²) >= 11 is 11.3. The van der Waals surface area contributed by atoms with Gasteiger partial charge in [0.25, 0.3) is 0 Å². The molecule has 0 aliphatic heterocycles. The third-order valence-electron chi connectivity index (χ3n) is 6.13. The molecule has 5 aromatic rings. The van der Waals surface area contributed by atoms with E-state index in [1.54, 1.807) is 13.1 Å². The summed E-state index contributed by atoms with van der Waals surface area (Å²) < 4.78 is 15.6. The molecule has 39 heavy (non-hydrogen) atoms. The van der Waals surface area contributed by atoms with Crippen molar-refractivity contribution in [2.24, 2.45) is 7.05 Å². The van der Waals surface area contributed by atoms with Crippen molar-refractivity contribution in [3.8, 4) is 21.8 Å². The average molecular weight is 628 g/mol. The Hall–Kier alpha value is -2.85. The minimum atomic E-state index is -0.929. The zero-order valence-electron chi connectivity index (χ0n) is 22.5. The van der Waals surface area contributed by atoms with Gasteiger partial charge in [0.05, 0.1) is 33.1 Å².